The topological polar surface area (TPSA) is 32.5 Å². The summed E-state index contributed by atoms with van der Waals surface area (Å²) in [5.74, 6) is 0.865. The number of hydrogen-bond acceptors (Lipinski definition) is 3. The smallest absolute Gasteiger partial charge is 0.0247 e. The van der Waals surface area contributed by atoms with Crippen molar-refractivity contribution in [3.8, 4) is 0 Å². The Bertz CT molecular complexity index is 429. The number of piperidine rings is 1. The van der Waals surface area contributed by atoms with Crippen molar-refractivity contribution in [2.45, 2.75) is 44.3 Å². The van der Waals surface area contributed by atoms with E-state index >= 15 is 0 Å². The van der Waals surface area contributed by atoms with E-state index in [-0.39, 0.29) is 0 Å². The Labute approximate surface area is 129 Å². The summed E-state index contributed by atoms with van der Waals surface area (Å²) < 4.78 is 0. The molecule has 1 saturated heterocycles. The van der Waals surface area contributed by atoms with Crippen molar-refractivity contribution in [3.63, 3.8) is 0 Å². The maximum Gasteiger partial charge on any atom is 0.0247 e. The number of hydrogen-bond donors (Lipinski definition) is 1. The molecule has 1 aromatic carbocycles. The Morgan fingerprint density at radius 3 is 2.67 bits per heavy atom. The Kier molecular flexibility index (Phi) is 4.94. The molecule has 3 nitrogen and oxygen atoms in total. The van der Waals surface area contributed by atoms with Gasteiger partial charge < -0.3 is 5.73 Å². The van der Waals surface area contributed by atoms with Crippen LogP contribution in [0.4, 0.5) is 0 Å². The van der Waals surface area contributed by atoms with E-state index in [4.69, 9.17) is 5.73 Å². The number of nitrogens with two attached hydrogens (primary N) is 1. The molecule has 0 bridgehead atoms. The second-order valence-electron chi connectivity index (χ2n) is 6.82. The minimum absolute atomic E-state index is 0.603. The zero-order valence-corrected chi connectivity index (χ0v) is 13.2. The third-order valence-electron chi connectivity index (χ3n) is 5.24. The van der Waals surface area contributed by atoms with Gasteiger partial charge in [-0.25, -0.2) is 0 Å². The third kappa shape index (κ3) is 3.85. The molecular weight excluding hydrogens is 258 g/mol. The van der Waals surface area contributed by atoms with Gasteiger partial charge in [-0.05, 0) is 50.8 Å². The van der Waals surface area contributed by atoms with Crippen molar-refractivity contribution in [3.05, 3.63) is 35.9 Å². The molecule has 1 aliphatic carbocycles. The fourth-order valence-corrected chi connectivity index (χ4v) is 3.79. The normalized spacial score (nSPS) is 25.2. The molecule has 116 valence electrons. The first kappa shape index (κ1) is 15.0. The van der Waals surface area contributed by atoms with E-state index in [2.05, 4.69) is 47.2 Å². The first-order valence-corrected chi connectivity index (χ1v) is 8.46. The van der Waals surface area contributed by atoms with Gasteiger partial charge >= 0.3 is 0 Å². The summed E-state index contributed by atoms with van der Waals surface area (Å²) >= 11 is 0. The van der Waals surface area contributed by atoms with Crippen molar-refractivity contribution >= 4 is 0 Å². The Hall–Kier alpha value is -0.900. The van der Waals surface area contributed by atoms with Crippen LogP contribution < -0.4 is 5.73 Å². The Balaban J connectivity index is 1.57. The van der Waals surface area contributed by atoms with Gasteiger partial charge in [-0.15, -0.1) is 0 Å². The quantitative estimate of drug-likeness (QED) is 0.871. The number of likely N-dealkylation sites (N-methyl/N-ethyl adjacent to an activating group) is 1. The van der Waals surface area contributed by atoms with Crippen LogP contribution in [0.5, 0.6) is 0 Å². The monoisotopic (exact) mass is 287 g/mol. The lowest BCUT2D eigenvalue weighted by molar-refractivity contribution is 0.0770. The zero-order chi connectivity index (χ0) is 14.7. The molecule has 2 atom stereocenters. The van der Waals surface area contributed by atoms with Gasteiger partial charge in [-0.2, -0.15) is 0 Å². The van der Waals surface area contributed by atoms with E-state index in [0.717, 1.165) is 19.0 Å². The molecule has 1 heterocycles. The van der Waals surface area contributed by atoms with Gasteiger partial charge in [0.2, 0.25) is 0 Å². The first-order valence-electron chi connectivity index (χ1n) is 8.46. The van der Waals surface area contributed by atoms with Crippen molar-refractivity contribution in [2.75, 3.05) is 26.7 Å². The van der Waals surface area contributed by atoms with Gasteiger partial charge in [0, 0.05) is 31.7 Å². The number of nitrogens with zero attached hydrogens (tertiary/aromatic N) is 2. The van der Waals surface area contributed by atoms with Gasteiger partial charge in [-0.3, -0.25) is 9.80 Å². The number of rotatable bonds is 6. The molecule has 2 fully saturated rings. The van der Waals surface area contributed by atoms with Crippen LogP contribution in [0.3, 0.4) is 0 Å². The van der Waals surface area contributed by atoms with Crippen molar-refractivity contribution < 1.29 is 0 Å². The van der Waals surface area contributed by atoms with Crippen molar-refractivity contribution in [2.24, 2.45) is 11.7 Å². The lowest BCUT2D eigenvalue weighted by atomic mass is 10.0. The minimum Gasteiger partial charge on any atom is -0.329 e. The maximum absolute atomic E-state index is 6.02. The summed E-state index contributed by atoms with van der Waals surface area (Å²) in [6.07, 6.45) is 5.40. The average molecular weight is 287 g/mol. The third-order valence-corrected chi connectivity index (χ3v) is 5.24. The molecular formula is C18H29N3. The first-order chi connectivity index (χ1) is 10.3. The minimum atomic E-state index is 0.603. The Morgan fingerprint density at radius 1 is 1.24 bits per heavy atom. The lowest BCUT2D eigenvalue weighted by Crippen LogP contribution is -2.52. The van der Waals surface area contributed by atoms with Gasteiger partial charge in [0.05, 0.1) is 0 Å². The molecule has 3 heteroatoms. The number of benzene rings is 1. The van der Waals surface area contributed by atoms with Crippen LogP contribution in [-0.2, 0) is 6.54 Å². The molecule has 0 amide bonds. The molecule has 1 saturated carbocycles. The summed E-state index contributed by atoms with van der Waals surface area (Å²) in [7, 11) is 2.30. The van der Waals surface area contributed by atoms with Crippen LogP contribution in [0.25, 0.3) is 0 Å². The summed E-state index contributed by atoms with van der Waals surface area (Å²) in [6.45, 7) is 4.32. The van der Waals surface area contributed by atoms with Crippen LogP contribution in [0.2, 0.25) is 0 Å². The average Bonchev–Trinajstić information content (AvgIpc) is 3.34. The summed E-state index contributed by atoms with van der Waals surface area (Å²) in [4.78, 5) is 5.20. The van der Waals surface area contributed by atoms with Gasteiger partial charge in [-0.1, -0.05) is 30.3 Å². The van der Waals surface area contributed by atoms with Gasteiger partial charge in [0.25, 0.3) is 0 Å². The highest BCUT2D eigenvalue weighted by Crippen LogP contribution is 2.36. The SMILES string of the molecule is CN(C1CCCN(Cc2ccccc2)C1)C(CN)C1CC1. The molecule has 0 radical (unpaired) electrons. The van der Waals surface area contributed by atoms with Crippen molar-refractivity contribution in [1.82, 2.24) is 9.80 Å². The highest BCUT2D eigenvalue weighted by Gasteiger charge is 2.36. The van der Waals surface area contributed by atoms with Crippen LogP contribution in [0.15, 0.2) is 30.3 Å². The molecule has 1 aliphatic heterocycles. The second kappa shape index (κ2) is 6.91. The maximum atomic E-state index is 6.02. The van der Waals surface area contributed by atoms with E-state index in [0.29, 0.717) is 12.1 Å². The van der Waals surface area contributed by atoms with Crippen LogP contribution >= 0.6 is 0 Å². The molecule has 2 unspecified atom stereocenters. The molecule has 0 aromatic heterocycles. The van der Waals surface area contributed by atoms with E-state index in [1.807, 2.05) is 0 Å². The van der Waals surface area contributed by atoms with E-state index < -0.39 is 0 Å². The predicted molar refractivity (Wildman–Crippen MR) is 88.1 cm³/mol. The standard InChI is InChI=1S/C18H29N3/c1-20(18(12-19)16-9-10-16)17-8-5-11-21(14-17)13-15-6-3-2-4-7-15/h2-4,6-7,16-18H,5,8-14,19H2,1H3. The van der Waals surface area contributed by atoms with Crippen molar-refractivity contribution in [1.29, 1.82) is 0 Å². The summed E-state index contributed by atoms with van der Waals surface area (Å²) in [6, 6.07) is 12.1. The van der Waals surface area contributed by atoms with Crippen LogP contribution in [0, 0.1) is 5.92 Å². The fraction of sp³-hybridized carbons (Fsp3) is 0.667. The van der Waals surface area contributed by atoms with Gasteiger partial charge in [0.15, 0.2) is 0 Å². The van der Waals surface area contributed by atoms with Crippen LogP contribution in [0.1, 0.15) is 31.2 Å². The lowest BCUT2D eigenvalue weighted by Gasteiger charge is -2.41. The van der Waals surface area contributed by atoms with Gasteiger partial charge in [0.1, 0.15) is 0 Å². The molecule has 2 aliphatic rings. The highest BCUT2D eigenvalue weighted by molar-refractivity contribution is 5.14. The highest BCUT2D eigenvalue weighted by atomic mass is 15.2. The molecule has 0 spiro atoms. The van der Waals surface area contributed by atoms with E-state index in [1.54, 1.807) is 0 Å². The largest absolute Gasteiger partial charge is 0.329 e. The summed E-state index contributed by atoms with van der Waals surface area (Å²) in [5, 5.41) is 0. The Morgan fingerprint density at radius 2 is 2.00 bits per heavy atom. The zero-order valence-electron chi connectivity index (χ0n) is 13.2. The second-order valence-corrected chi connectivity index (χ2v) is 6.82. The molecule has 21 heavy (non-hydrogen) atoms. The molecule has 2 N–H and O–H groups in total. The predicted octanol–water partition coefficient (Wildman–Crippen LogP) is 2.32. The van der Waals surface area contributed by atoms with Crippen LogP contribution in [-0.4, -0.2) is 48.6 Å². The van der Waals surface area contributed by atoms with E-state index in [9.17, 15) is 0 Å². The molecule has 1 aromatic rings. The number of likely N-dealkylation sites (tertiary alicyclic amines) is 1. The fourth-order valence-electron chi connectivity index (χ4n) is 3.79. The summed E-state index contributed by atoms with van der Waals surface area (Å²) in [5.41, 5.74) is 7.45. The van der Waals surface area contributed by atoms with E-state index in [1.165, 1.54) is 44.3 Å². The molecule has 3 rings (SSSR count).